The molecule has 2 aromatic rings. The summed E-state index contributed by atoms with van der Waals surface area (Å²) in [6.45, 7) is 8.36. The van der Waals surface area contributed by atoms with E-state index in [2.05, 4.69) is 15.6 Å². The average Bonchev–Trinajstić information content (AvgIpc) is 2.95. The number of carbonyl (C=O) groups is 1. The van der Waals surface area contributed by atoms with Crippen molar-refractivity contribution in [2.45, 2.75) is 40.2 Å². The van der Waals surface area contributed by atoms with Gasteiger partial charge in [0.2, 0.25) is 0 Å². The van der Waals surface area contributed by atoms with Gasteiger partial charge in [0.25, 0.3) is 0 Å². The first-order chi connectivity index (χ1) is 9.95. The normalized spacial score (nSPS) is 12.2. The molecule has 2 heterocycles. The summed E-state index contributed by atoms with van der Waals surface area (Å²) in [4.78, 5) is 17.3. The summed E-state index contributed by atoms with van der Waals surface area (Å²) in [6.07, 6.45) is 2.61. The standard InChI is InChI=1S/C15H21N3O2S/c1-9-7-13(12(4)20-9)11(3)18-15(19)16-6-5-14-17-8-10(2)21-14/h7-8,11H,5-6H2,1-4H3,(H2,16,18,19)/t11-/m1/s1. The number of nitrogens with one attached hydrogen (secondary N) is 2. The van der Waals surface area contributed by atoms with Gasteiger partial charge in [-0.15, -0.1) is 11.3 Å². The number of aryl methyl sites for hydroxylation is 3. The Morgan fingerprint density at radius 3 is 2.76 bits per heavy atom. The fourth-order valence-electron chi connectivity index (χ4n) is 2.21. The fourth-order valence-corrected chi connectivity index (χ4v) is 2.99. The second-order valence-corrected chi connectivity index (χ2v) is 6.42. The van der Waals surface area contributed by atoms with Gasteiger partial charge in [-0.1, -0.05) is 0 Å². The van der Waals surface area contributed by atoms with Gasteiger partial charge in [-0.2, -0.15) is 0 Å². The molecule has 0 spiro atoms. The average molecular weight is 307 g/mol. The first kappa shape index (κ1) is 15.6. The van der Waals surface area contributed by atoms with Crippen molar-refractivity contribution in [1.29, 1.82) is 0 Å². The number of hydrogen-bond acceptors (Lipinski definition) is 4. The van der Waals surface area contributed by atoms with Crippen molar-refractivity contribution in [2.24, 2.45) is 0 Å². The lowest BCUT2D eigenvalue weighted by atomic mass is 10.1. The van der Waals surface area contributed by atoms with E-state index in [1.807, 2.05) is 40.0 Å². The van der Waals surface area contributed by atoms with E-state index in [0.29, 0.717) is 6.54 Å². The molecule has 0 aliphatic carbocycles. The lowest BCUT2D eigenvalue weighted by molar-refractivity contribution is 0.238. The summed E-state index contributed by atoms with van der Waals surface area (Å²) < 4.78 is 5.48. The molecule has 2 amide bonds. The summed E-state index contributed by atoms with van der Waals surface area (Å²) in [5.41, 5.74) is 1.01. The molecule has 6 heteroatoms. The van der Waals surface area contributed by atoms with Gasteiger partial charge in [0.1, 0.15) is 11.5 Å². The number of hydrogen-bond donors (Lipinski definition) is 2. The molecule has 21 heavy (non-hydrogen) atoms. The second-order valence-electron chi connectivity index (χ2n) is 5.11. The molecule has 0 saturated carbocycles. The molecule has 0 bridgehead atoms. The van der Waals surface area contributed by atoms with Crippen molar-refractivity contribution in [3.63, 3.8) is 0 Å². The van der Waals surface area contributed by atoms with Crippen molar-refractivity contribution in [1.82, 2.24) is 15.6 Å². The topological polar surface area (TPSA) is 67.2 Å². The minimum atomic E-state index is -0.172. The van der Waals surface area contributed by atoms with Crippen LogP contribution in [0.25, 0.3) is 0 Å². The molecular formula is C15H21N3O2S. The number of rotatable bonds is 5. The Labute approximate surface area is 128 Å². The second kappa shape index (κ2) is 6.76. The largest absolute Gasteiger partial charge is 0.466 e. The SMILES string of the molecule is Cc1cc([C@@H](C)NC(=O)NCCc2ncc(C)s2)c(C)o1. The minimum Gasteiger partial charge on any atom is -0.466 e. The highest BCUT2D eigenvalue weighted by Gasteiger charge is 2.14. The maximum absolute atomic E-state index is 11.9. The first-order valence-corrected chi connectivity index (χ1v) is 7.80. The van der Waals surface area contributed by atoms with Crippen molar-refractivity contribution in [3.05, 3.63) is 39.2 Å². The third-order valence-electron chi connectivity index (χ3n) is 3.19. The molecule has 0 radical (unpaired) electrons. The number of nitrogens with zero attached hydrogens (tertiary/aromatic N) is 1. The van der Waals surface area contributed by atoms with Crippen LogP contribution in [-0.4, -0.2) is 17.6 Å². The molecule has 0 unspecified atom stereocenters. The van der Waals surface area contributed by atoms with Crippen LogP contribution in [0, 0.1) is 20.8 Å². The Bertz CT molecular complexity index is 618. The highest BCUT2D eigenvalue weighted by molar-refractivity contribution is 7.11. The van der Waals surface area contributed by atoms with Gasteiger partial charge < -0.3 is 15.1 Å². The van der Waals surface area contributed by atoms with Crippen LogP contribution in [0.2, 0.25) is 0 Å². The number of amides is 2. The van der Waals surface area contributed by atoms with Gasteiger partial charge in [-0.05, 0) is 33.8 Å². The Morgan fingerprint density at radius 1 is 1.43 bits per heavy atom. The quantitative estimate of drug-likeness (QED) is 0.891. The van der Waals surface area contributed by atoms with Gasteiger partial charge in [0.15, 0.2) is 0 Å². The lowest BCUT2D eigenvalue weighted by Crippen LogP contribution is -2.38. The molecule has 5 nitrogen and oxygen atoms in total. The maximum atomic E-state index is 11.9. The minimum absolute atomic E-state index is 0.0791. The maximum Gasteiger partial charge on any atom is 0.315 e. The molecule has 2 aromatic heterocycles. The van der Waals surface area contributed by atoms with Gasteiger partial charge in [0, 0.05) is 29.6 Å². The van der Waals surface area contributed by atoms with E-state index in [1.165, 1.54) is 4.88 Å². The number of urea groups is 1. The lowest BCUT2D eigenvalue weighted by Gasteiger charge is -2.13. The zero-order valence-electron chi connectivity index (χ0n) is 12.8. The van der Waals surface area contributed by atoms with E-state index >= 15 is 0 Å². The summed E-state index contributed by atoms with van der Waals surface area (Å²) in [7, 11) is 0. The zero-order valence-corrected chi connectivity index (χ0v) is 13.6. The molecule has 0 fully saturated rings. The van der Waals surface area contributed by atoms with E-state index in [-0.39, 0.29) is 12.1 Å². The number of carbonyl (C=O) groups excluding carboxylic acids is 1. The van der Waals surface area contributed by atoms with Crippen LogP contribution < -0.4 is 10.6 Å². The van der Waals surface area contributed by atoms with Gasteiger partial charge >= 0.3 is 6.03 Å². The first-order valence-electron chi connectivity index (χ1n) is 6.98. The van der Waals surface area contributed by atoms with Crippen LogP contribution >= 0.6 is 11.3 Å². The Balaban J connectivity index is 1.77. The van der Waals surface area contributed by atoms with E-state index in [0.717, 1.165) is 28.5 Å². The molecule has 114 valence electrons. The monoisotopic (exact) mass is 307 g/mol. The predicted molar refractivity (Wildman–Crippen MR) is 83.7 cm³/mol. The van der Waals surface area contributed by atoms with Crippen LogP contribution in [0.15, 0.2) is 16.7 Å². The van der Waals surface area contributed by atoms with Crippen molar-refractivity contribution in [3.8, 4) is 0 Å². The third kappa shape index (κ3) is 4.32. The molecule has 0 aliphatic rings. The summed E-state index contributed by atoms with van der Waals surface area (Å²) in [5, 5.41) is 6.81. The van der Waals surface area contributed by atoms with E-state index in [4.69, 9.17) is 4.42 Å². The van der Waals surface area contributed by atoms with E-state index < -0.39 is 0 Å². The highest BCUT2D eigenvalue weighted by atomic mass is 32.1. The van der Waals surface area contributed by atoms with Crippen LogP contribution in [0.1, 0.15) is 39.9 Å². The van der Waals surface area contributed by atoms with Crippen LogP contribution in [-0.2, 0) is 6.42 Å². The van der Waals surface area contributed by atoms with Crippen LogP contribution in [0.4, 0.5) is 4.79 Å². The number of furan rings is 1. The fraction of sp³-hybridized carbons (Fsp3) is 0.467. The van der Waals surface area contributed by atoms with E-state index in [1.54, 1.807) is 11.3 Å². The molecule has 2 N–H and O–H groups in total. The Morgan fingerprint density at radius 2 is 2.19 bits per heavy atom. The van der Waals surface area contributed by atoms with Gasteiger partial charge in [-0.25, -0.2) is 9.78 Å². The van der Waals surface area contributed by atoms with Crippen LogP contribution in [0.3, 0.4) is 0 Å². The third-order valence-corrected chi connectivity index (χ3v) is 4.16. The Hall–Kier alpha value is -1.82. The van der Waals surface area contributed by atoms with E-state index in [9.17, 15) is 4.79 Å². The van der Waals surface area contributed by atoms with Crippen LogP contribution in [0.5, 0.6) is 0 Å². The molecule has 0 aliphatic heterocycles. The Kier molecular flexibility index (Phi) is 5.01. The van der Waals surface area contributed by atoms with Gasteiger partial charge in [0.05, 0.1) is 11.0 Å². The van der Waals surface area contributed by atoms with Crippen molar-refractivity contribution < 1.29 is 9.21 Å². The van der Waals surface area contributed by atoms with Crippen molar-refractivity contribution >= 4 is 17.4 Å². The summed E-state index contributed by atoms with van der Waals surface area (Å²) >= 11 is 1.66. The molecule has 1 atom stereocenters. The summed E-state index contributed by atoms with van der Waals surface area (Å²) in [6, 6.07) is 1.71. The number of thiazole rings is 1. The molecular weight excluding hydrogens is 286 g/mol. The zero-order chi connectivity index (χ0) is 15.4. The smallest absolute Gasteiger partial charge is 0.315 e. The highest BCUT2D eigenvalue weighted by Crippen LogP contribution is 2.20. The summed E-state index contributed by atoms with van der Waals surface area (Å²) in [5.74, 6) is 1.70. The number of aromatic nitrogens is 1. The predicted octanol–water partition coefficient (Wildman–Crippen LogP) is 3.26. The molecule has 0 aromatic carbocycles. The molecule has 2 rings (SSSR count). The van der Waals surface area contributed by atoms with Crippen molar-refractivity contribution in [2.75, 3.05) is 6.54 Å². The molecule has 0 saturated heterocycles. The van der Waals surface area contributed by atoms with Gasteiger partial charge in [-0.3, -0.25) is 0 Å².